The molecule has 1 saturated carbocycles. The molecule has 0 radical (unpaired) electrons. The van der Waals surface area contributed by atoms with Gasteiger partial charge in [-0.15, -0.1) is 0 Å². The Morgan fingerprint density at radius 1 is 1.54 bits per heavy atom. The maximum absolute atomic E-state index is 10.9. The Labute approximate surface area is 78.8 Å². The van der Waals surface area contributed by atoms with Crippen molar-refractivity contribution in [2.75, 3.05) is 6.61 Å². The van der Waals surface area contributed by atoms with E-state index in [0.717, 1.165) is 0 Å². The lowest BCUT2D eigenvalue weighted by atomic mass is 9.75. The first-order valence-electron chi connectivity index (χ1n) is 4.75. The number of aliphatic hydroxyl groups excluding tert-OH is 1. The van der Waals surface area contributed by atoms with Crippen LogP contribution in [0.3, 0.4) is 0 Å². The number of hydrogen-bond acceptors (Lipinski definition) is 2. The molecule has 0 unspecified atom stereocenters. The Kier molecular flexibility index (Phi) is 2.66. The summed E-state index contributed by atoms with van der Waals surface area (Å²) in [7, 11) is 0. The van der Waals surface area contributed by atoms with Crippen LogP contribution in [-0.2, 0) is 4.79 Å². The number of aliphatic hydroxyl groups is 1. The lowest BCUT2D eigenvalue weighted by Gasteiger charge is -2.30. The molecule has 1 rings (SSSR count). The van der Waals surface area contributed by atoms with Crippen LogP contribution in [0.15, 0.2) is 0 Å². The highest BCUT2D eigenvalue weighted by Crippen LogP contribution is 2.50. The minimum Gasteiger partial charge on any atom is -0.481 e. The highest BCUT2D eigenvalue weighted by atomic mass is 16.4. The van der Waals surface area contributed by atoms with Crippen LogP contribution in [0.25, 0.3) is 0 Å². The predicted molar refractivity (Wildman–Crippen MR) is 49.3 cm³/mol. The molecular weight excluding hydrogens is 168 g/mol. The van der Waals surface area contributed by atoms with Crippen molar-refractivity contribution in [3.05, 3.63) is 0 Å². The van der Waals surface area contributed by atoms with Crippen LogP contribution in [0.2, 0.25) is 0 Å². The van der Waals surface area contributed by atoms with Crippen molar-refractivity contribution in [2.45, 2.75) is 27.2 Å². The van der Waals surface area contributed by atoms with Gasteiger partial charge in [0.15, 0.2) is 0 Å². The second-order valence-electron chi connectivity index (χ2n) is 4.67. The topological polar surface area (TPSA) is 57.5 Å². The fourth-order valence-electron chi connectivity index (χ4n) is 2.33. The SMILES string of the molecule is C[C@@H]1[C@@H](C(=O)O)C[C@H](CO)C1(C)C. The molecule has 0 aromatic carbocycles. The number of carboxylic acids is 1. The monoisotopic (exact) mass is 186 g/mol. The number of hydrogen-bond donors (Lipinski definition) is 2. The fraction of sp³-hybridized carbons (Fsp3) is 0.900. The maximum atomic E-state index is 10.9. The van der Waals surface area contributed by atoms with Crippen molar-refractivity contribution in [1.82, 2.24) is 0 Å². The molecule has 13 heavy (non-hydrogen) atoms. The number of aliphatic carboxylic acids is 1. The fourth-order valence-corrected chi connectivity index (χ4v) is 2.33. The summed E-state index contributed by atoms with van der Waals surface area (Å²) < 4.78 is 0. The second-order valence-corrected chi connectivity index (χ2v) is 4.67. The van der Waals surface area contributed by atoms with Crippen molar-refractivity contribution < 1.29 is 15.0 Å². The average molecular weight is 186 g/mol. The van der Waals surface area contributed by atoms with E-state index in [0.29, 0.717) is 6.42 Å². The molecular formula is C10H18O3. The molecule has 0 aromatic rings. The molecule has 0 aromatic heterocycles. The van der Waals surface area contributed by atoms with Crippen LogP contribution in [0.1, 0.15) is 27.2 Å². The molecule has 0 bridgehead atoms. The Morgan fingerprint density at radius 3 is 2.31 bits per heavy atom. The van der Waals surface area contributed by atoms with Gasteiger partial charge in [0, 0.05) is 6.61 Å². The van der Waals surface area contributed by atoms with Gasteiger partial charge in [-0.2, -0.15) is 0 Å². The maximum Gasteiger partial charge on any atom is 0.306 e. The number of carbonyl (C=O) groups is 1. The van der Waals surface area contributed by atoms with E-state index in [2.05, 4.69) is 0 Å². The van der Waals surface area contributed by atoms with Crippen LogP contribution in [0.4, 0.5) is 0 Å². The summed E-state index contributed by atoms with van der Waals surface area (Å²) >= 11 is 0. The quantitative estimate of drug-likeness (QED) is 0.684. The van der Waals surface area contributed by atoms with Gasteiger partial charge in [-0.05, 0) is 23.7 Å². The van der Waals surface area contributed by atoms with Crippen LogP contribution in [-0.4, -0.2) is 22.8 Å². The van der Waals surface area contributed by atoms with Gasteiger partial charge in [0.1, 0.15) is 0 Å². The molecule has 2 N–H and O–H groups in total. The summed E-state index contributed by atoms with van der Waals surface area (Å²) in [5.41, 5.74) is -0.0577. The molecule has 0 heterocycles. The average Bonchev–Trinajstić information content (AvgIpc) is 2.25. The molecule has 1 fully saturated rings. The first-order valence-corrected chi connectivity index (χ1v) is 4.75. The zero-order chi connectivity index (χ0) is 10.2. The molecule has 3 nitrogen and oxygen atoms in total. The van der Waals surface area contributed by atoms with Gasteiger partial charge in [-0.3, -0.25) is 4.79 Å². The van der Waals surface area contributed by atoms with Gasteiger partial charge in [0.2, 0.25) is 0 Å². The number of rotatable bonds is 2. The third kappa shape index (κ3) is 1.57. The second kappa shape index (κ2) is 3.29. The van der Waals surface area contributed by atoms with E-state index in [9.17, 15) is 4.79 Å². The zero-order valence-electron chi connectivity index (χ0n) is 8.45. The Hall–Kier alpha value is -0.570. The smallest absolute Gasteiger partial charge is 0.306 e. The van der Waals surface area contributed by atoms with E-state index in [1.165, 1.54) is 0 Å². The van der Waals surface area contributed by atoms with Gasteiger partial charge >= 0.3 is 5.97 Å². The summed E-state index contributed by atoms with van der Waals surface area (Å²) in [5, 5.41) is 18.1. The minimum atomic E-state index is -0.725. The molecule has 0 saturated heterocycles. The Bertz CT molecular complexity index is 210. The van der Waals surface area contributed by atoms with Crippen LogP contribution in [0.5, 0.6) is 0 Å². The number of carboxylic acid groups (broad SMARTS) is 1. The summed E-state index contributed by atoms with van der Waals surface area (Å²) in [6.07, 6.45) is 0.611. The van der Waals surface area contributed by atoms with Crippen molar-refractivity contribution in [2.24, 2.45) is 23.2 Å². The van der Waals surface area contributed by atoms with Gasteiger partial charge < -0.3 is 10.2 Å². The van der Waals surface area contributed by atoms with Crippen molar-refractivity contribution >= 4 is 5.97 Å². The third-order valence-electron chi connectivity index (χ3n) is 3.91. The zero-order valence-corrected chi connectivity index (χ0v) is 8.45. The van der Waals surface area contributed by atoms with Crippen LogP contribution in [0, 0.1) is 23.2 Å². The van der Waals surface area contributed by atoms with E-state index in [1.54, 1.807) is 0 Å². The lowest BCUT2D eigenvalue weighted by molar-refractivity contribution is -0.143. The summed E-state index contributed by atoms with van der Waals surface area (Å²) in [4.78, 5) is 10.9. The van der Waals surface area contributed by atoms with Crippen molar-refractivity contribution in [1.29, 1.82) is 0 Å². The molecule has 0 amide bonds. The molecule has 1 aliphatic rings. The summed E-state index contributed by atoms with van der Waals surface area (Å²) in [6, 6.07) is 0. The highest BCUT2D eigenvalue weighted by molar-refractivity contribution is 5.71. The van der Waals surface area contributed by atoms with Crippen molar-refractivity contribution in [3.63, 3.8) is 0 Å². The van der Waals surface area contributed by atoms with E-state index < -0.39 is 5.97 Å². The van der Waals surface area contributed by atoms with E-state index in [4.69, 9.17) is 10.2 Å². The largest absolute Gasteiger partial charge is 0.481 e. The van der Waals surface area contributed by atoms with E-state index in [-0.39, 0.29) is 29.8 Å². The molecule has 0 spiro atoms. The Morgan fingerprint density at radius 2 is 2.08 bits per heavy atom. The summed E-state index contributed by atoms with van der Waals surface area (Å²) in [6.45, 7) is 6.15. The standard InChI is InChI=1S/C10H18O3/c1-6-8(9(12)13)4-7(5-11)10(6,2)3/h6-8,11H,4-5H2,1-3H3,(H,12,13)/t6-,7-,8+/m1/s1. The molecule has 3 heteroatoms. The normalized spacial score (nSPS) is 37.7. The van der Waals surface area contributed by atoms with E-state index >= 15 is 0 Å². The molecule has 1 aliphatic carbocycles. The van der Waals surface area contributed by atoms with Crippen LogP contribution < -0.4 is 0 Å². The van der Waals surface area contributed by atoms with Crippen LogP contribution >= 0.6 is 0 Å². The molecule has 3 atom stereocenters. The predicted octanol–water partition coefficient (Wildman–Crippen LogP) is 1.36. The third-order valence-corrected chi connectivity index (χ3v) is 3.91. The van der Waals surface area contributed by atoms with Gasteiger partial charge in [0.25, 0.3) is 0 Å². The first kappa shape index (κ1) is 10.5. The van der Waals surface area contributed by atoms with Gasteiger partial charge in [-0.1, -0.05) is 20.8 Å². The molecule has 0 aliphatic heterocycles. The first-order chi connectivity index (χ1) is 5.91. The van der Waals surface area contributed by atoms with Gasteiger partial charge in [-0.25, -0.2) is 0 Å². The molecule has 76 valence electrons. The van der Waals surface area contributed by atoms with E-state index in [1.807, 2.05) is 20.8 Å². The Balaban J connectivity index is 2.84. The highest BCUT2D eigenvalue weighted by Gasteiger charge is 2.48. The van der Waals surface area contributed by atoms with Gasteiger partial charge in [0.05, 0.1) is 5.92 Å². The van der Waals surface area contributed by atoms with Crippen molar-refractivity contribution in [3.8, 4) is 0 Å². The summed E-state index contributed by atoms with van der Waals surface area (Å²) in [5.74, 6) is -0.741. The minimum absolute atomic E-state index is 0.0577. The lowest BCUT2D eigenvalue weighted by Crippen LogP contribution is -2.28.